The Balaban J connectivity index is 2.37. The molecule has 2 saturated heterocycles. The highest BCUT2D eigenvalue weighted by Crippen LogP contribution is 2.45. The molecule has 0 atom stereocenters. The molecule has 0 aromatic rings. The second-order valence-electron chi connectivity index (χ2n) is 9.50. The van der Waals surface area contributed by atoms with Crippen LogP contribution in [0.1, 0.15) is 55.4 Å². The maximum atomic E-state index is 12.9. The van der Waals surface area contributed by atoms with Gasteiger partial charge in [0, 0.05) is 37.3 Å². The predicted molar refractivity (Wildman–Crippen MR) is 83.9 cm³/mol. The summed E-state index contributed by atoms with van der Waals surface area (Å²) < 4.78 is 0. The molecule has 0 N–H and O–H groups in total. The molecular formula is C17H32N2O. The molecule has 2 bridgehead atoms. The van der Waals surface area contributed by atoms with E-state index in [-0.39, 0.29) is 21.9 Å². The number of fused-ring (bicyclic) bond motifs is 2. The molecular weight excluding hydrogens is 248 g/mol. The molecule has 2 heterocycles. The number of likely N-dealkylation sites (tertiary alicyclic amines) is 2. The second kappa shape index (κ2) is 4.30. The third kappa shape index (κ3) is 2.55. The first-order chi connectivity index (χ1) is 8.78. The fourth-order valence-corrected chi connectivity index (χ4v) is 3.86. The SMILES string of the molecule is CC12CN(C(C)(C)C)CC(C)(CN(C(C)(C)C)C1)C2=O. The molecule has 2 aliphatic heterocycles. The van der Waals surface area contributed by atoms with E-state index in [2.05, 4.69) is 65.2 Å². The lowest BCUT2D eigenvalue weighted by Crippen LogP contribution is -2.72. The Kier molecular flexibility index (Phi) is 3.43. The Bertz CT molecular complexity index is 364. The van der Waals surface area contributed by atoms with Crippen molar-refractivity contribution in [2.24, 2.45) is 10.8 Å². The van der Waals surface area contributed by atoms with Gasteiger partial charge in [-0.25, -0.2) is 0 Å². The van der Waals surface area contributed by atoms with Gasteiger partial charge in [0.05, 0.1) is 10.8 Å². The lowest BCUT2D eigenvalue weighted by atomic mass is 9.63. The number of carbonyl (C=O) groups is 1. The molecule has 116 valence electrons. The average Bonchev–Trinajstić information content (AvgIpc) is 2.19. The van der Waals surface area contributed by atoms with E-state index in [9.17, 15) is 4.79 Å². The van der Waals surface area contributed by atoms with Gasteiger partial charge in [-0.3, -0.25) is 14.6 Å². The minimum atomic E-state index is -0.230. The second-order valence-corrected chi connectivity index (χ2v) is 9.50. The van der Waals surface area contributed by atoms with Gasteiger partial charge >= 0.3 is 0 Å². The van der Waals surface area contributed by atoms with E-state index in [4.69, 9.17) is 0 Å². The van der Waals surface area contributed by atoms with Crippen molar-refractivity contribution in [3.63, 3.8) is 0 Å². The summed E-state index contributed by atoms with van der Waals surface area (Å²) in [4.78, 5) is 18.0. The van der Waals surface area contributed by atoms with E-state index >= 15 is 0 Å². The van der Waals surface area contributed by atoms with E-state index in [0.29, 0.717) is 5.78 Å². The predicted octanol–water partition coefficient (Wildman–Crippen LogP) is 2.80. The highest BCUT2D eigenvalue weighted by Gasteiger charge is 2.57. The number of carbonyl (C=O) groups excluding carboxylic acids is 1. The van der Waals surface area contributed by atoms with Crippen LogP contribution in [-0.4, -0.2) is 52.8 Å². The van der Waals surface area contributed by atoms with Crippen LogP contribution in [0, 0.1) is 10.8 Å². The number of piperidine rings is 2. The fourth-order valence-electron chi connectivity index (χ4n) is 3.86. The van der Waals surface area contributed by atoms with Crippen LogP contribution in [0.4, 0.5) is 0 Å². The first kappa shape index (κ1) is 16.0. The standard InChI is InChI=1S/C17H32N2O/c1-14(2,3)18-9-16(7)11-19(15(4,5)6)12-17(8,10-18)13(16)20/h9-12H2,1-8H3. The van der Waals surface area contributed by atoms with Crippen molar-refractivity contribution < 1.29 is 4.79 Å². The molecule has 20 heavy (non-hydrogen) atoms. The zero-order valence-electron chi connectivity index (χ0n) is 14.6. The van der Waals surface area contributed by atoms with Crippen LogP contribution >= 0.6 is 0 Å². The van der Waals surface area contributed by atoms with Gasteiger partial charge < -0.3 is 0 Å². The van der Waals surface area contributed by atoms with Gasteiger partial charge in [-0.15, -0.1) is 0 Å². The number of ketones is 1. The van der Waals surface area contributed by atoms with Gasteiger partial charge in [0.25, 0.3) is 0 Å². The van der Waals surface area contributed by atoms with E-state index < -0.39 is 0 Å². The van der Waals surface area contributed by atoms with Crippen LogP contribution in [0.3, 0.4) is 0 Å². The summed E-state index contributed by atoms with van der Waals surface area (Å²) in [6, 6.07) is 0. The van der Waals surface area contributed by atoms with Crippen LogP contribution in [0.25, 0.3) is 0 Å². The summed E-state index contributed by atoms with van der Waals surface area (Å²) in [6.07, 6.45) is 0. The van der Waals surface area contributed by atoms with Gasteiger partial charge in [-0.05, 0) is 41.5 Å². The third-order valence-electron chi connectivity index (χ3n) is 5.15. The molecule has 0 aliphatic carbocycles. The Labute approximate surface area is 124 Å². The van der Waals surface area contributed by atoms with Crippen molar-refractivity contribution in [1.29, 1.82) is 0 Å². The molecule has 2 aliphatic rings. The van der Waals surface area contributed by atoms with Gasteiger partial charge in [-0.2, -0.15) is 0 Å². The molecule has 3 nitrogen and oxygen atoms in total. The first-order valence-electron chi connectivity index (χ1n) is 7.83. The normalized spacial score (nSPS) is 37.3. The number of rotatable bonds is 0. The summed E-state index contributed by atoms with van der Waals surface area (Å²) >= 11 is 0. The molecule has 0 spiro atoms. The monoisotopic (exact) mass is 280 g/mol. The third-order valence-corrected chi connectivity index (χ3v) is 5.15. The molecule has 0 radical (unpaired) electrons. The molecule has 2 fully saturated rings. The molecule has 0 aromatic heterocycles. The van der Waals surface area contributed by atoms with E-state index in [0.717, 1.165) is 26.2 Å². The molecule has 0 unspecified atom stereocenters. The Morgan fingerprint density at radius 2 is 1.00 bits per heavy atom. The maximum absolute atomic E-state index is 12.9. The summed E-state index contributed by atoms with van der Waals surface area (Å²) in [6.45, 7) is 21.4. The summed E-state index contributed by atoms with van der Waals surface area (Å²) in [5.41, 5.74) is -0.197. The molecule has 2 rings (SSSR count). The molecule has 0 aromatic carbocycles. The van der Waals surface area contributed by atoms with Crippen molar-refractivity contribution in [3.8, 4) is 0 Å². The number of Topliss-reactive ketones (excluding diaryl/α,β-unsaturated/α-hetero) is 1. The van der Waals surface area contributed by atoms with Gasteiger partial charge in [0.2, 0.25) is 0 Å². The molecule has 0 saturated carbocycles. The van der Waals surface area contributed by atoms with Crippen LogP contribution in [-0.2, 0) is 4.79 Å². The Hall–Kier alpha value is -0.410. The first-order valence-corrected chi connectivity index (χ1v) is 7.83. The number of nitrogens with zero attached hydrogens (tertiary/aromatic N) is 2. The van der Waals surface area contributed by atoms with Gasteiger partial charge in [0.1, 0.15) is 5.78 Å². The molecule has 3 heteroatoms. The van der Waals surface area contributed by atoms with Crippen molar-refractivity contribution >= 4 is 5.78 Å². The Morgan fingerprint density at radius 1 is 0.750 bits per heavy atom. The maximum Gasteiger partial charge on any atom is 0.149 e. The van der Waals surface area contributed by atoms with Crippen LogP contribution in [0.5, 0.6) is 0 Å². The zero-order chi connectivity index (χ0) is 15.6. The van der Waals surface area contributed by atoms with Crippen LogP contribution in [0.2, 0.25) is 0 Å². The van der Waals surface area contributed by atoms with Crippen molar-refractivity contribution in [2.75, 3.05) is 26.2 Å². The van der Waals surface area contributed by atoms with Gasteiger partial charge in [-0.1, -0.05) is 13.8 Å². The highest BCUT2D eigenvalue weighted by atomic mass is 16.1. The minimum absolute atomic E-state index is 0.132. The van der Waals surface area contributed by atoms with E-state index in [1.165, 1.54) is 0 Å². The summed E-state index contributed by atoms with van der Waals surface area (Å²) in [7, 11) is 0. The smallest absolute Gasteiger partial charge is 0.149 e. The van der Waals surface area contributed by atoms with E-state index in [1.54, 1.807) is 0 Å². The van der Waals surface area contributed by atoms with Crippen molar-refractivity contribution in [2.45, 2.75) is 66.5 Å². The highest BCUT2D eigenvalue weighted by molar-refractivity contribution is 5.92. The average molecular weight is 280 g/mol. The fraction of sp³-hybridized carbons (Fsp3) is 0.941. The van der Waals surface area contributed by atoms with E-state index in [1.807, 2.05) is 0 Å². The zero-order valence-corrected chi connectivity index (χ0v) is 14.6. The lowest BCUT2D eigenvalue weighted by molar-refractivity contribution is -0.166. The Morgan fingerprint density at radius 3 is 1.20 bits per heavy atom. The minimum Gasteiger partial charge on any atom is -0.298 e. The van der Waals surface area contributed by atoms with Crippen LogP contribution < -0.4 is 0 Å². The largest absolute Gasteiger partial charge is 0.298 e. The molecule has 0 amide bonds. The summed E-state index contributed by atoms with van der Waals surface area (Å²) in [5, 5.41) is 0. The van der Waals surface area contributed by atoms with Crippen molar-refractivity contribution in [3.05, 3.63) is 0 Å². The van der Waals surface area contributed by atoms with Crippen molar-refractivity contribution in [1.82, 2.24) is 9.80 Å². The number of hydrogen-bond acceptors (Lipinski definition) is 3. The van der Waals surface area contributed by atoms with Crippen LogP contribution in [0.15, 0.2) is 0 Å². The van der Waals surface area contributed by atoms with Gasteiger partial charge in [0.15, 0.2) is 0 Å². The topological polar surface area (TPSA) is 23.6 Å². The summed E-state index contributed by atoms with van der Waals surface area (Å²) in [5.74, 6) is 0.478. The lowest BCUT2D eigenvalue weighted by Gasteiger charge is -2.60. The quantitative estimate of drug-likeness (QED) is 0.682. The number of hydrogen-bond donors (Lipinski definition) is 0.